The van der Waals surface area contributed by atoms with Crippen molar-refractivity contribution in [3.05, 3.63) is 42.5 Å². The monoisotopic (exact) mass is 269 g/mol. The minimum Gasteiger partial charge on any atom is -0.368 e. The first-order valence-corrected chi connectivity index (χ1v) is 7.53. The molecule has 20 heavy (non-hydrogen) atoms. The third kappa shape index (κ3) is 2.79. The quantitative estimate of drug-likeness (QED) is 0.924. The summed E-state index contributed by atoms with van der Waals surface area (Å²) in [6, 6.07) is 15.3. The normalized spacial score (nSPS) is 16.8. The van der Waals surface area contributed by atoms with Gasteiger partial charge in [-0.1, -0.05) is 36.4 Å². The fraction of sp³-hybridized carbons (Fsp3) is 0.412. The van der Waals surface area contributed by atoms with Gasteiger partial charge in [0.15, 0.2) is 0 Å². The Hall–Kier alpha value is -1.58. The van der Waals surface area contributed by atoms with Gasteiger partial charge in [0.1, 0.15) is 0 Å². The number of anilines is 1. The van der Waals surface area contributed by atoms with Gasteiger partial charge in [-0.25, -0.2) is 0 Å². The lowest BCUT2D eigenvalue weighted by Gasteiger charge is -2.36. The number of piperazine rings is 1. The molecule has 3 nitrogen and oxygen atoms in total. The highest BCUT2D eigenvalue weighted by Crippen LogP contribution is 2.27. The van der Waals surface area contributed by atoms with Crippen LogP contribution in [-0.4, -0.2) is 44.2 Å². The second-order valence-corrected chi connectivity index (χ2v) is 5.47. The Labute approximate surface area is 121 Å². The Balaban J connectivity index is 1.74. The van der Waals surface area contributed by atoms with Crippen LogP contribution >= 0.6 is 0 Å². The van der Waals surface area contributed by atoms with Crippen LogP contribution in [0.3, 0.4) is 0 Å². The molecule has 106 valence electrons. The first-order chi connectivity index (χ1) is 9.88. The van der Waals surface area contributed by atoms with Gasteiger partial charge in [0, 0.05) is 37.3 Å². The first-order valence-electron chi connectivity index (χ1n) is 7.53. The fourth-order valence-corrected chi connectivity index (χ4v) is 3.01. The molecule has 1 fully saturated rings. The molecule has 0 spiro atoms. The summed E-state index contributed by atoms with van der Waals surface area (Å²) in [4.78, 5) is 5.04. The second-order valence-electron chi connectivity index (χ2n) is 5.47. The van der Waals surface area contributed by atoms with Gasteiger partial charge in [-0.15, -0.1) is 0 Å². The molecule has 0 saturated carbocycles. The third-order valence-electron chi connectivity index (χ3n) is 4.16. The maximum atomic E-state index is 5.59. The van der Waals surface area contributed by atoms with E-state index in [1.807, 2.05) is 0 Å². The summed E-state index contributed by atoms with van der Waals surface area (Å²) in [5, 5.41) is 2.70. The van der Waals surface area contributed by atoms with Gasteiger partial charge in [-0.05, 0) is 31.0 Å². The van der Waals surface area contributed by atoms with Crippen LogP contribution in [0.5, 0.6) is 0 Å². The van der Waals surface area contributed by atoms with Crippen LogP contribution in [-0.2, 0) is 0 Å². The Kier molecular flexibility index (Phi) is 4.19. The molecule has 3 heteroatoms. The maximum Gasteiger partial charge on any atom is 0.0446 e. The van der Waals surface area contributed by atoms with E-state index in [9.17, 15) is 0 Å². The van der Waals surface area contributed by atoms with Crippen LogP contribution in [0.2, 0.25) is 0 Å². The van der Waals surface area contributed by atoms with Gasteiger partial charge in [0.25, 0.3) is 0 Å². The highest BCUT2D eigenvalue weighted by Gasteiger charge is 2.17. The zero-order valence-electron chi connectivity index (χ0n) is 12.0. The molecular weight excluding hydrogens is 246 g/mol. The van der Waals surface area contributed by atoms with Crippen LogP contribution in [0.4, 0.5) is 5.69 Å². The van der Waals surface area contributed by atoms with Crippen molar-refractivity contribution in [2.75, 3.05) is 44.2 Å². The zero-order chi connectivity index (χ0) is 13.8. The molecule has 1 aliphatic heterocycles. The number of nitrogens with two attached hydrogens (primary N) is 1. The maximum absolute atomic E-state index is 5.59. The number of hydrogen-bond acceptors (Lipinski definition) is 3. The van der Waals surface area contributed by atoms with Crippen molar-refractivity contribution in [3.63, 3.8) is 0 Å². The van der Waals surface area contributed by atoms with E-state index in [2.05, 4.69) is 52.3 Å². The van der Waals surface area contributed by atoms with Crippen molar-refractivity contribution >= 4 is 16.5 Å². The molecule has 0 radical (unpaired) electrons. The van der Waals surface area contributed by atoms with Gasteiger partial charge in [-0.3, -0.25) is 4.90 Å². The van der Waals surface area contributed by atoms with Crippen molar-refractivity contribution in [3.8, 4) is 0 Å². The standard InChI is InChI=1S/C17H23N3/c18-9-4-10-19-11-13-20(14-12-19)17-8-3-6-15-5-1-2-7-16(15)17/h1-3,5-8H,4,9-14,18H2. The molecular formula is C17H23N3. The summed E-state index contributed by atoms with van der Waals surface area (Å²) < 4.78 is 0. The lowest BCUT2D eigenvalue weighted by molar-refractivity contribution is 0.256. The molecule has 3 rings (SSSR count). The minimum absolute atomic E-state index is 0.795. The van der Waals surface area contributed by atoms with Gasteiger partial charge >= 0.3 is 0 Å². The molecule has 0 atom stereocenters. The third-order valence-corrected chi connectivity index (χ3v) is 4.16. The summed E-state index contributed by atoms with van der Waals surface area (Å²) in [5.74, 6) is 0. The second kappa shape index (κ2) is 6.25. The van der Waals surface area contributed by atoms with Gasteiger partial charge in [0.05, 0.1) is 0 Å². The smallest absolute Gasteiger partial charge is 0.0446 e. The van der Waals surface area contributed by atoms with Crippen LogP contribution in [0.25, 0.3) is 10.8 Å². The Morgan fingerprint density at radius 1 is 0.900 bits per heavy atom. The van der Waals surface area contributed by atoms with E-state index >= 15 is 0 Å². The largest absolute Gasteiger partial charge is 0.368 e. The highest BCUT2D eigenvalue weighted by atomic mass is 15.3. The molecule has 2 aromatic carbocycles. The number of hydrogen-bond donors (Lipinski definition) is 1. The molecule has 0 aromatic heterocycles. The van der Waals surface area contributed by atoms with E-state index in [-0.39, 0.29) is 0 Å². The Morgan fingerprint density at radius 2 is 1.65 bits per heavy atom. The average molecular weight is 269 g/mol. The molecule has 2 aromatic rings. The van der Waals surface area contributed by atoms with Crippen molar-refractivity contribution < 1.29 is 0 Å². The number of benzene rings is 2. The van der Waals surface area contributed by atoms with Crippen molar-refractivity contribution in [1.82, 2.24) is 4.90 Å². The summed E-state index contributed by atoms with van der Waals surface area (Å²) in [6.07, 6.45) is 1.11. The van der Waals surface area contributed by atoms with E-state index in [1.165, 1.54) is 16.5 Å². The molecule has 0 unspecified atom stereocenters. The van der Waals surface area contributed by atoms with Crippen LogP contribution < -0.4 is 10.6 Å². The van der Waals surface area contributed by atoms with Crippen molar-refractivity contribution in [1.29, 1.82) is 0 Å². The van der Waals surface area contributed by atoms with Crippen molar-refractivity contribution in [2.45, 2.75) is 6.42 Å². The van der Waals surface area contributed by atoms with E-state index in [4.69, 9.17) is 5.73 Å². The Morgan fingerprint density at radius 3 is 2.45 bits per heavy atom. The van der Waals surface area contributed by atoms with Gasteiger partial charge in [-0.2, -0.15) is 0 Å². The molecule has 2 N–H and O–H groups in total. The topological polar surface area (TPSA) is 32.5 Å². The molecule has 1 aliphatic rings. The summed E-state index contributed by atoms with van der Waals surface area (Å²) >= 11 is 0. The number of fused-ring (bicyclic) bond motifs is 1. The summed E-state index contributed by atoms with van der Waals surface area (Å²) in [7, 11) is 0. The summed E-state index contributed by atoms with van der Waals surface area (Å²) in [5.41, 5.74) is 6.97. The highest BCUT2D eigenvalue weighted by molar-refractivity contribution is 5.94. The molecule has 0 bridgehead atoms. The van der Waals surface area contributed by atoms with E-state index in [0.29, 0.717) is 0 Å². The predicted octanol–water partition coefficient (Wildman–Crippen LogP) is 2.31. The molecule has 0 aliphatic carbocycles. The molecule has 1 saturated heterocycles. The summed E-state index contributed by atoms with van der Waals surface area (Å²) in [6.45, 7) is 6.44. The molecule has 1 heterocycles. The fourth-order valence-electron chi connectivity index (χ4n) is 3.01. The lowest BCUT2D eigenvalue weighted by Crippen LogP contribution is -2.46. The SMILES string of the molecule is NCCCN1CCN(c2cccc3ccccc23)CC1. The van der Waals surface area contributed by atoms with Gasteiger partial charge < -0.3 is 10.6 Å². The average Bonchev–Trinajstić information content (AvgIpc) is 2.53. The van der Waals surface area contributed by atoms with Crippen molar-refractivity contribution in [2.24, 2.45) is 5.73 Å². The van der Waals surface area contributed by atoms with Gasteiger partial charge in [0.2, 0.25) is 0 Å². The molecule has 0 amide bonds. The minimum atomic E-state index is 0.795. The zero-order valence-corrected chi connectivity index (χ0v) is 12.0. The number of rotatable bonds is 4. The predicted molar refractivity (Wildman–Crippen MR) is 86.3 cm³/mol. The lowest BCUT2D eigenvalue weighted by atomic mass is 10.1. The number of nitrogens with zero attached hydrogens (tertiary/aromatic N) is 2. The van der Waals surface area contributed by atoms with E-state index in [0.717, 1.165) is 45.7 Å². The van der Waals surface area contributed by atoms with E-state index in [1.54, 1.807) is 0 Å². The van der Waals surface area contributed by atoms with Crippen LogP contribution in [0.1, 0.15) is 6.42 Å². The Bertz CT molecular complexity index is 554. The van der Waals surface area contributed by atoms with E-state index < -0.39 is 0 Å². The first kappa shape index (κ1) is 13.4. The van der Waals surface area contributed by atoms with Crippen LogP contribution in [0.15, 0.2) is 42.5 Å². The van der Waals surface area contributed by atoms with Crippen LogP contribution in [0, 0.1) is 0 Å².